The van der Waals surface area contributed by atoms with Gasteiger partial charge in [0.15, 0.2) is 0 Å². The van der Waals surface area contributed by atoms with Crippen LogP contribution in [0.2, 0.25) is 0 Å². The van der Waals surface area contributed by atoms with E-state index in [0.29, 0.717) is 5.92 Å². The van der Waals surface area contributed by atoms with Crippen LogP contribution in [-0.2, 0) is 6.42 Å². The van der Waals surface area contributed by atoms with Gasteiger partial charge in [0.1, 0.15) is 0 Å². The maximum absolute atomic E-state index is 3.65. The molecular formula is C17H18Br2. The lowest BCUT2D eigenvalue weighted by Crippen LogP contribution is -2.05. The summed E-state index contributed by atoms with van der Waals surface area (Å²) in [6.45, 7) is 4.33. The molecule has 0 aliphatic carbocycles. The van der Waals surface area contributed by atoms with E-state index in [1.54, 1.807) is 0 Å². The number of benzene rings is 2. The molecule has 0 aromatic heterocycles. The van der Waals surface area contributed by atoms with Crippen molar-refractivity contribution in [2.75, 3.05) is 5.33 Å². The fourth-order valence-electron chi connectivity index (χ4n) is 2.47. The van der Waals surface area contributed by atoms with Crippen molar-refractivity contribution < 1.29 is 0 Å². The van der Waals surface area contributed by atoms with Crippen molar-refractivity contribution >= 4 is 31.9 Å². The predicted molar refractivity (Wildman–Crippen MR) is 90.3 cm³/mol. The molecule has 0 aliphatic rings. The quantitative estimate of drug-likeness (QED) is 0.588. The summed E-state index contributed by atoms with van der Waals surface area (Å²) in [4.78, 5) is 0. The first-order valence-corrected chi connectivity index (χ1v) is 8.38. The molecule has 2 aromatic carbocycles. The minimum atomic E-state index is 0.522. The van der Waals surface area contributed by atoms with Crippen LogP contribution in [0.1, 0.15) is 28.2 Å². The lowest BCUT2D eigenvalue weighted by molar-refractivity contribution is 0.774. The van der Waals surface area contributed by atoms with Crippen LogP contribution in [-0.4, -0.2) is 5.33 Å². The standard InChI is InChI=1S/C17H18Br2/c1-12-7-13(2)9-14(8-12)10-16(11-18)15-3-5-17(19)6-4-15/h3-9,16H,10-11H2,1-2H3. The SMILES string of the molecule is Cc1cc(C)cc(CC(CBr)c2ccc(Br)cc2)c1. The molecule has 0 spiro atoms. The number of rotatable bonds is 4. The third-order valence-electron chi connectivity index (χ3n) is 3.29. The molecule has 0 saturated heterocycles. The molecule has 0 aliphatic heterocycles. The van der Waals surface area contributed by atoms with Gasteiger partial charge in [0, 0.05) is 9.80 Å². The third kappa shape index (κ3) is 4.19. The van der Waals surface area contributed by atoms with Gasteiger partial charge in [-0.3, -0.25) is 0 Å². The number of alkyl halides is 1. The summed E-state index contributed by atoms with van der Waals surface area (Å²) in [6, 6.07) is 15.5. The second-order valence-electron chi connectivity index (χ2n) is 5.10. The topological polar surface area (TPSA) is 0 Å². The van der Waals surface area contributed by atoms with Crippen LogP contribution in [0.25, 0.3) is 0 Å². The number of hydrogen-bond acceptors (Lipinski definition) is 0. The minimum Gasteiger partial charge on any atom is -0.0921 e. The molecular weight excluding hydrogens is 364 g/mol. The molecule has 19 heavy (non-hydrogen) atoms. The summed E-state index contributed by atoms with van der Waals surface area (Å²) in [5, 5.41) is 0.988. The second kappa shape index (κ2) is 6.71. The molecule has 0 bridgehead atoms. The summed E-state index contributed by atoms with van der Waals surface area (Å²) < 4.78 is 1.14. The monoisotopic (exact) mass is 380 g/mol. The van der Waals surface area contributed by atoms with Crippen molar-refractivity contribution in [3.05, 3.63) is 69.2 Å². The fraction of sp³-hybridized carbons (Fsp3) is 0.294. The molecule has 0 amide bonds. The molecule has 0 N–H and O–H groups in total. The molecule has 1 unspecified atom stereocenters. The highest BCUT2D eigenvalue weighted by Gasteiger charge is 2.11. The summed E-state index contributed by atoms with van der Waals surface area (Å²) >= 11 is 7.14. The molecule has 2 rings (SSSR count). The van der Waals surface area contributed by atoms with E-state index in [1.807, 2.05) is 0 Å². The van der Waals surface area contributed by atoms with E-state index in [4.69, 9.17) is 0 Å². The Morgan fingerprint density at radius 2 is 1.53 bits per heavy atom. The molecule has 0 heterocycles. The van der Waals surface area contributed by atoms with Crippen LogP contribution in [0, 0.1) is 13.8 Å². The van der Waals surface area contributed by atoms with E-state index >= 15 is 0 Å². The smallest absolute Gasteiger partial charge is 0.0175 e. The van der Waals surface area contributed by atoms with Crippen LogP contribution in [0.3, 0.4) is 0 Å². The Morgan fingerprint density at radius 1 is 0.947 bits per heavy atom. The average molecular weight is 382 g/mol. The van der Waals surface area contributed by atoms with Crippen LogP contribution < -0.4 is 0 Å². The molecule has 0 fully saturated rings. The largest absolute Gasteiger partial charge is 0.0921 e. The van der Waals surface area contributed by atoms with Crippen LogP contribution in [0.5, 0.6) is 0 Å². The van der Waals surface area contributed by atoms with Gasteiger partial charge in [0.25, 0.3) is 0 Å². The second-order valence-corrected chi connectivity index (χ2v) is 6.67. The Morgan fingerprint density at radius 3 is 2.05 bits per heavy atom. The van der Waals surface area contributed by atoms with E-state index in [9.17, 15) is 0 Å². The Labute approximate surface area is 132 Å². The Kier molecular flexibility index (Phi) is 5.23. The van der Waals surface area contributed by atoms with E-state index in [1.165, 1.54) is 22.3 Å². The fourth-order valence-corrected chi connectivity index (χ4v) is 3.33. The van der Waals surface area contributed by atoms with Crippen molar-refractivity contribution in [3.8, 4) is 0 Å². The van der Waals surface area contributed by atoms with Crippen LogP contribution in [0.15, 0.2) is 46.9 Å². The highest BCUT2D eigenvalue weighted by molar-refractivity contribution is 9.10. The summed E-state index contributed by atoms with van der Waals surface area (Å²) in [6.07, 6.45) is 1.08. The van der Waals surface area contributed by atoms with E-state index < -0.39 is 0 Å². The summed E-state index contributed by atoms with van der Waals surface area (Å²) in [7, 11) is 0. The molecule has 100 valence electrons. The van der Waals surface area contributed by atoms with Crippen molar-refractivity contribution in [2.24, 2.45) is 0 Å². The third-order valence-corrected chi connectivity index (χ3v) is 4.60. The van der Waals surface area contributed by atoms with Gasteiger partial charge in [-0.15, -0.1) is 0 Å². The highest BCUT2D eigenvalue weighted by Crippen LogP contribution is 2.25. The van der Waals surface area contributed by atoms with Crippen LogP contribution in [0.4, 0.5) is 0 Å². The zero-order chi connectivity index (χ0) is 13.8. The Balaban J connectivity index is 2.21. The van der Waals surface area contributed by atoms with Gasteiger partial charge < -0.3 is 0 Å². The Bertz CT molecular complexity index is 523. The molecule has 0 radical (unpaired) electrons. The van der Waals surface area contributed by atoms with E-state index in [2.05, 4.69) is 88.2 Å². The Hall–Kier alpha value is -0.600. The van der Waals surface area contributed by atoms with E-state index in [0.717, 1.165) is 16.2 Å². The van der Waals surface area contributed by atoms with Crippen molar-refractivity contribution in [1.29, 1.82) is 0 Å². The average Bonchev–Trinajstić information content (AvgIpc) is 2.36. The van der Waals surface area contributed by atoms with Crippen molar-refractivity contribution in [2.45, 2.75) is 26.2 Å². The predicted octanol–water partition coefficient (Wildman–Crippen LogP) is 5.79. The normalized spacial score (nSPS) is 12.4. The summed E-state index contributed by atoms with van der Waals surface area (Å²) in [5.74, 6) is 0.522. The van der Waals surface area contributed by atoms with Gasteiger partial charge in [-0.2, -0.15) is 0 Å². The van der Waals surface area contributed by atoms with Crippen molar-refractivity contribution in [1.82, 2.24) is 0 Å². The molecule has 1 atom stereocenters. The number of hydrogen-bond donors (Lipinski definition) is 0. The lowest BCUT2D eigenvalue weighted by atomic mass is 9.92. The lowest BCUT2D eigenvalue weighted by Gasteiger charge is -2.16. The van der Waals surface area contributed by atoms with Gasteiger partial charge in [-0.1, -0.05) is 73.3 Å². The zero-order valence-corrected chi connectivity index (χ0v) is 14.5. The van der Waals surface area contributed by atoms with Crippen molar-refractivity contribution in [3.63, 3.8) is 0 Å². The molecule has 2 aromatic rings. The first-order chi connectivity index (χ1) is 9.08. The highest BCUT2D eigenvalue weighted by atomic mass is 79.9. The maximum atomic E-state index is 3.65. The molecule has 0 nitrogen and oxygen atoms in total. The minimum absolute atomic E-state index is 0.522. The number of aryl methyl sites for hydroxylation is 2. The molecule has 2 heteroatoms. The van der Waals surface area contributed by atoms with Gasteiger partial charge >= 0.3 is 0 Å². The van der Waals surface area contributed by atoms with Gasteiger partial charge in [-0.25, -0.2) is 0 Å². The maximum Gasteiger partial charge on any atom is 0.0175 e. The first kappa shape index (κ1) is 14.8. The molecule has 0 saturated carbocycles. The van der Waals surface area contributed by atoms with Gasteiger partial charge in [-0.05, 0) is 49.4 Å². The van der Waals surface area contributed by atoms with E-state index in [-0.39, 0.29) is 0 Å². The van der Waals surface area contributed by atoms with Gasteiger partial charge in [0.05, 0.1) is 0 Å². The number of halogens is 2. The summed E-state index contributed by atoms with van der Waals surface area (Å²) in [5.41, 5.74) is 5.50. The first-order valence-electron chi connectivity index (χ1n) is 6.47. The zero-order valence-electron chi connectivity index (χ0n) is 11.3. The van der Waals surface area contributed by atoms with Crippen LogP contribution >= 0.6 is 31.9 Å². The van der Waals surface area contributed by atoms with Gasteiger partial charge in [0.2, 0.25) is 0 Å².